The molecular formula is C23H17FN4O3. The fourth-order valence-corrected chi connectivity index (χ4v) is 2.95. The van der Waals surface area contributed by atoms with E-state index in [2.05, 4.69) is 10.3 Å². The van der Waals surface area contributed by atoms with Crippen molar-refractivity contribution in [2.45, 2.75) is 6.61 Å². The second-order valence-corrected chi connectivity index (χ2v) is 6.32. The highest BCUT2D eigenvalue weighted by Gasteiger charge is 2.24. The molecule has 1 amide bonds. The van der Waals surface area contributed by atoms with Crippen molar-refractivity contribution in [2.75, 3.05) is 19.0 Å². The molecule has 3 aromatic rings. The fraction of sp³-hybridized carbons (Fsp3) is 0.130. The molecule has 154 valence electrons. The number of anilines is 1. The van der Waals surface area contributed by atoms with E-state index in [9.17, 15) is 19.7 Å². The molecule has 3 rings (SSSR count). The summed E-state index contributed by atoms with van der Waals surface area (Å²) in [5, 5.41) is 21.8. The van der Waals surface area contributed by atoms with Crippen molar-refractivity contribution in [1.29, 1.82) is 10.5 Å². The summed E-state index contributed by atoms with van der Waals surface area (Å²) >= 11 is 0. The highest BCUT2D eigenvalue weighted by molar-refractivity contribution is 5.94. The van der Waals surface area contributed by atoms with Crippen LogP contribution >= 0.6 is 0 Å². The Bertz CT molecular complexity index is 1180. The quantitative estimate of drug-likeness (QED) is 0.628. The lowest BCUT2D eigenvalue weighted by Gasteiger charge is -2.15. The van der Waals surface area contributed by atoms with Crippen molar-refractivity contribution >= 4 is 11.7 Å². The summed E-state index contributed by atoms with van der Waals surface area (Å²) in [6, 6.07) is 18.8. The van der Waals surface area contributed by atoms with Gasteiger partial charge in [-0.25, -0.2) is 4.39 Å². The van der Waals surface area contributed by atoms with E-state index in [1.807, 2.05) is 42.5 Å². The Hall–Kier alpha value is -4.27. The van der Waals surface area contributed by atoms with Gasteiger partial charge in [0.25, 0.3) is 5.91 Å². The molecule has 0 saturated carbocycles. The number of carbonyl (C=O) groups is 1. The summed E-state index contributed by atoms with van der Waals surface area (Å²) in [7, 11) is 1.29. The molecule has 0 spiro atoms. The molecule has 0 aliphatic rings. The minimum Gasteiger partial charge on any atom is -0.480 e. The van der Waals surface area contributed by atoms with Gasteiger partial charge in [0.2, 0.25) is 5.88 Å². The maximum atomic E-state index is 14.5. The number of methoxy groups -OCH3 is 1. The average Bonchev–Trinajstić information content (AvgIpc) is 2.79. The number of rotatable bonds is 7. The molecule has 0 unspecified atom stereocenters. The monoisotopic (exact) mass is 416 g/mol. The van der Waals surface area contributed by atoms with E-state index < -0.39 is 11.7 Å². The van der Waals surface area contributed by atoms with Crippen LogP contribution in [0.25, 0.3) is 11.1 Å². The third-order valence-corrected chi connectivity index (χ3v) is 4.33. The highest BCUT2D eigenvalue weighted by atomic mass is 19.1. The van der Waals surface area contributed by atoms with Gasteiger partial charge in [-0.1, -0.05) is 48.5 Å². The van der Waals surface area contributed by atoms with E-state index in [0.29, 0.717) is 0 Å². The lowest BCUT2D eigenvalue weighted by molar-refractivity contribution is -0.121. The van der Waals surface area contributed by atoms with E-state index in [1.165, 1.54) is 25.3 Å². The van der Waals surface area contributed by atoms with Crippen LogP contribution in [-0.4, -0.2) is 24.6 Å². The van der Waals surface area contributed by atoms with Crippen molar-refractivity contribution in [3.63, 3.8) is 0 Å². The molecule has 0 atom stereocenters. The van der Waals surface area contributed by atoms with E-state index >= 15 is 0 Å². The van der Waals surface area contributed by atoms with Crippen LogP contribution in [0.4, 0.5) is 10.2 Å². The van der Waals surface area contributed by atoms with Crippen LogP contribution in [0.3, 0.4) is 0 Å². The van der Waals surface area contributed by atoms with E-state index in [-0.39, 0.29) is 47.2 Å². The number of nitrogens with one attached hydrogen (secondary N) is 1. The number of carbonyl (C=O) groups excluding carboxylic acids is 1. The lowest BCUT2D eigenvalue weighted by atomic mass is 9.96. The number of nitriles is 2. The number of pyridine rings is 1. The number of hydrogen-bond acceptors (Lipinski definition) is 6. The zero-order chi connectivity index (χ0) is 22.2. The van der Waals surface area contributed by atoms with Crippen molar-refractivity contribution in [1.82, 2.24) is 4.98 Å². The van der Waals surface area contributed by atoms with E-state index in [0.717, 1.165) is 5.56 Å². The summed E-state index contributed by atoms with van der Waals surface area (Å²) in [5.41, 5.74) is 0.650. The predicted molar refractivity (Wildman–Crippen MR) is 110 cm³/mol. The zero-order valence-corrected chi connectivity index (χ0v) is 16.6. The fourth-order valence-electron chi connectivity index (χ4n) is 2.95. The summed E-state index contributed by atoms with van der Waals surface area (Å²) in [6.45, 7) is -0.0667. The standard InChI is InChI=1S/C23H17FN4O3/c1-30-23-18(12-26)21(16-9-5-6-10-19(16)24)17(11-25)22(28-23)27-20(29)14-31-13-15-7-3-2-4-8-15/h2-10H,13-14H2,1H3,(H,27,28,29). The molecule has 1 heterocycles. The van der Waals surface area contributed by atoms with Crippen LogP contribution in [0.1, 0.15) is 16.7 Å². The minimum atomic E-state index is -0.632. The first-order valence-electron chi connectivity index (χ1n) is 9.17. The number of halogens is 1. The van der Waals surface area contributed by atoms with E-state index in [4.69, 9.17) is 9.47 Å². The first-order valence-corrected chi connectivity index (χ1v) is 9.17. The smallest absolute Gasteiger partial charge is 0.251 e. The average molecular weight is 416 g/mol. The molecule has 31 heavy (non-hydrogen) atoms. The number of benzene rings is 2. The van der Waals surface area contributed by atoms with Crippen LogP contribution in [-0.2, 0) is 16.1 Å². The van der Waals surface area contributed by atoms with Gasteiger partial charge in [0, 0.05) is 11.1 Å². The van der Waals surface area contributed by atoms with Crippen LogP contribution in [0.5, 0.6) is 5.88 Å². The molecule has 8 heteroatoms. The number of aromatic nitrogens is 1. The Morgan fingerprint density at radius 2 is 1.74 bits per heavy atom. The van der Waals surface area contributed by atoms with Gasteiger partial charge in [0.05, 0.1) is 13.7 Å². The SMILES string of the molecule is COc1nc(NC(=O)COCc2ccccc2)c(C#N)c(-c2ccccc2F)c1C#N. The van der Waals surface area contributed by atoms with Crippen molar-refractivity contribution < 1.29 is 18.7 Å². The Balaban J connectivity index is 1.92. The first kappa shape index (κ1) is 21.4. The van der Waals surface area contributed by atoms with Crippen LogP contribution < -0.4 is 10.1 Å². The number of nitrogens with zero attached hydrogens (tertiary/aromatic N) is 3. The first-order chi connectivity index (χ1) is 15.1. The summed E-state index contributed by atoms with van der Waals surface area (Å²) < 4.78 is 25.0. The van der Waals surface area contributed by atoms with Crippen molar-refractivity contribution in [3.8, 4) is 29.1 Å². The zero-order valence-electron chi connectivity index (χ0n) is 16.6. The van der Waals surface area contributed by atoms with Gasteiger partial charge in [0.15, 0.2) is 5.82 Å². The van der Waals surface area contributed by atoms with Gasteiger partial charge in [-0.3, -0.25) is 4.79 Å². The molecule has 0 bridgehead atoms. The number of amides is 1. The van der Waals surface area contributed by atoms with E-state index in [1.54, 1.807) is 6.07 Å². The van der Waals surface area contributed by atoms with Gasteiger partial charge in [0.1, 0.15) is 35.7 Å². The number of hydrogen-bond donors (Lipinski definition) is 1. The number of ether oxygens (including phenoxy) is 2. The topological polar surface area (TPSA) is 108 Å². The Morgan fingerprint density at radius 1 is 1.06 bits per heavy atom. The van der Waals surface area contributed by atoms with Gasteiger partial charge in [-0.2, -0.15) is 15.5 Å². The minimum absolute atomic E-state index is 0.00421. The largest absolute Gasteiger partial charge is 0.480 e. The highest BCUT2D eigenvalue weighted by Crippen LogP contribution is 2.37. The maximum Gasteiger partial charge on any atom is 0.251 e. The third-order valence-electron chi connectivity index (χ3n) is 4.33. The Kier molecular flexibility index (Phi) is 6.89. The molecule has 0 radical (unpaired) electrons. The van der Waals surface area contributed by atoms with Gasteiger partial charge >= 0.3 is 0 Å². The van der Waals surface area contributed by atoms with Crippen molar-refractivity contribution in [2.24, 2.45) is 0 Å². The summed E-state index contributed by atoms with van der Waals surface area (Å²) in [5.74, 6) is -1.48. The molecule has 1 aromatic heterocycles. The molecule has 0 fully saturated rings. The molecule has 1 N–H and O–H groups in total. The Morgan fingerprint density at radius 3 is 2.39 bits per heavy atom. The second-order valence-electron chi connectivity index (χ2n) is 6.32. The molecule has 2 aromatic carbocycles. The normalized spacial score (nSPS) is 10.1. The Labute approximate surface area is 178 Å². The molecule has 0 aliphatic carbocycles. The maximum absolute atomic E-state index is 14.5. The third kappa shape index (κ3) is 4.84. The molecule has 0 aliphatic heterocycles. The van der Waals surface area contributed by atoms with Crippen LogP contribution in [0.2, 0.25) is 0 Å². The van der Waals surface area contributed by atoms with Crippen LogP contribution in [0, 0.1) is 28.5 Å². The molecule has 0 saturated heterocycles. The lowest BCUT2D eigenvalue weighted by Crippen LogP contribution is -2.20. The second kappa shape index (κ2) is 9.97. The van der Waals surface area contributed by atoms with Gasteiger partial charge < -0.3 is 14.8 Å². The van der Waals surface area contributed by atoms with Crippen molar-refractivity contribution in [3.05, 3.63) is 77.1 Å². The van der Waals surface area contributed by atoms with Crippen LogP contribution in [0.15, 0.2) is 54.6 Å². The van der Waals surface area contributed by atoms with Gasteiger partial charge in [-0.15, -0.1) is 0 Å². The summed E-state index contributed by atoms with van der Waals surface area (Å²) in [4.78, 5) is 16.5. The summed E-state index contributed by atoms with van der Waals surface area (Å²) in [6.07, 6.45) is 0. The molecule has 7 nitrogen and oxygen atoms in total. The predicted octanol–water partition coefficient (Wildman–Crippen LogP) is 3.79. The molecular weight excluding hydrogens is 399 g/mol. The van der Waals surface area contributed by atoms with Gasteiger partial charge in [-0.05, 0) is 11.6 Å².